The molecule has 2 saturated heterocycles. The Morgan fingerprint density at radius 3 is 2.83 bits per heavy atom. The highest BCUT2D eigenvalue weighted by Gasteiger charge is 2.29. The molecule has 2 atom stereocenters. The van der Waals surface area contributed by atoms with E-state index in [4.69, 9.17) is 0 Å². The smallest absolute Gasteiger partial charge is 0.00475 e. The lowest BCUT2D eigenvalue weighted by molar-refractivity contribution is 0.135. The van der Waals surface area contributed by atoms with Gasteiger partial charge in [0, 0.05) is 13.1 Å². The quantitative estimate of drug-likeness (QED) is 0.826. The molecule has 18 heavy (non-hydrogen) atoms. The maximum Gasteiger partial charge on any atom is 0.00475 e. The molecule has 0 aromatic rings. The van der Waals surface area contributed by atoms with Crippen molar-refractivity contribution in [3.8, 4) is 0 Å². The van der Waals surface area contributed by atoms with E-state index < -0.39 is 0 Å². The fraction of sp³-hybridized carbons (Fsp3) is 1.00. The van der Waals surface area contributed by atoms with Crippen LogP contribution in [0.5, 0.6) is 0 Å². The predicted octanol–water partition coefficient (Wildman–Crippen LogP) is 3.28. The van der Waals surface area contributed by atoms with Crippen LogP contribution in [0.3, 0.4) is 0 Å². The second kappa shape index (κ2) is 6.91. The molecule has 0 aromatic heterocycles. The van der Waals surface area contributed by atoms with Crippen molar-refractivity contribution in [2.75, 3.05) is 32.7 Å². The van der Waals surface area contributed by atoms with Gasteiger partial charge in [0.05, 0.1) is 0 Å². The third-order valence-corrected chi connectivity index (χ3v) is 4.93. The third kappa shape index (κ3) is 4.24. The third-order valence-electron chi connectivity index (χ3n) is 4.93. The topological polar surface area (TPSA) is 15.3 Å². The van der Waals surface area contributed by atoms with Crippen molar-refractivity contribution >= 4 is 0 Å². The molecule has 2 aliphatic rings. The van der Waals surface area contributed by atoms with Crippen molar-refractivity contribution in [1.29, 1.82) is 0 Å². The van der Waals surface area contributed by atoms with Gasteiger partial charge < -0.3 is 10.2 Å². The summed E-state index contributed by atoms with van der Waals surface area (Å²) in [5.74, 6) is 1.01. The van der Waals surface area contributed by atoms with E-state index in [-0.39, 0.29) is 0 Å². The Morgan fingerprint density at radius 2 is 2.11 bits per heavy atom. The number of likely N-dealkylation sites (tertiary alicyclic amines) is 1. The lowest BCUT2D eigenvalue weighted by Crippen LogP contribution is -2.46. The van der Waals surface area contributed by atoms with E-state index in [1.165, 1.54) is 77.7 Å². The zero-order chi connectivity index (χ0) is 12.8. The Morgan fingerprint density at radius 1 is 1.22 bits per heavy atom. The number of rotatable bonds is 4. The second-order valence-electron chi connectivity index (χ2n) is 6.95. The molecule has 0 aliphatic carbocycles. The molecule has 0 aromatic carbocycles. The van der Waals surface area contributed by atoms with Crippen molar-refractivity contribution in [3.05, 3.63) is 0 Å². The minimum Gasteiger partial charge on any atom is -0.316 e. The van der Waals surface area contributed by atoms with Crippen molar-refractivity contribution in [1.82, 2.24) is 10.2 Å². The highest BCUT2D eigenvalue weighted by atomic mass is 15.1. The molecule has 1 N–H and O–H groups in total. The highest BCUT2D eigenvalue weighted by molar-refractivity contribution is 4.85. The van der Waals surface area contributed by atoms with Crippen LogP contribution in [0, 0.1) is 11.3 Å². The SMILES string of the molecule is CCCC1CCCN(CC2(C)CCCNC2)CC1. The second-order valence-corrected chi connectivity index (χ2v) is 6.95. The first-order chi connectivity index (χ1) is 8.72. The summed E-state index contributed by atoms with van der Waals surface area (Å²) in [7, 11) is 0. The summed E-state index contributed by atoms with van der Waals surface area (Å²) in [6.45, 7) is 11.3. The van der Waals surface area contributed by atoms with Gasteiger partial charge in [0.2, 0.25) is 0 Å². The molecule has 2 fully saturated rings. The monoisotopic (exact) mass is 252 g/mol. The lowest BCUT2D eigenvalue weighted by Gasteiger charge is -2.38. The van der Waals surface area contributed by atoms with Gasteiger partial charge >= 0.3 is 0 Å². The van der Waals surface area contributed by atoms with Crippen LogP contribution >= 0.6 is 0 Å². The van der Waals surface area contributed by atoms with Crippen LogP contribution in [-0.2, 0) is 0 Å². The van der Waals surface area contributed by atoms with Crippen LogP contribution in [-0.4, -0.2) is 37.6 Å². The summed E-state index contributed by atoms with van der Waals surface area (Å²) in [5, 5.41) is 3.58. The standard InChI is InChI=1S/C16H32N2/c1-3-6-15-7-4-11-18(12-8-15)14-16(2)9-5-10-17-13-16/h15,17H,3-14H2,1-2H3. The maximum atomic E-state index is 3.58. The van der Waals surface area contributed by atoms with Gasteiger partial charge in [-0.3, -0.25) is 0 Å². The van der Waals surface area contributed by atoms with E-state index in [0.29, 0.717) is 5.41 Å². The van der Waals surface area contributed by atoms with E-state index in [0.717, 1.165) is 5.92 Å². The van der Waals surface area contributed by atoms with Crippen molar-refractivity contribution < 1.29 is 0 Å². The summed E-state index contributed by atoms with van der Waals surface area (Å²) >= 11 is 0. The molecule has 0 saturated carbocycles. The van der Waals surface area contributed by atoms with E-state index in [9.17, 15) is 0 Å². The Kier molecular flexibility index (Phi) is 5.50. The first-order valence-electron chi connectivity index (χ1n) is 8.15. The summed E-state index contributed by atoms with van der Waals surface area (Å²) in [5.41, 5.74) is 0.531. The van der Waals surface area contributed by atoms with Gasteiger partial charge in [0.1, 0.15) is 0 Å². The highest BCUT2D eigenvalue weighted by Crippen LogP contribution is 2.29. The summed E-state index contributed by atoms with van der Waals surface area (Å²) in [6, 6.07) is 0. The molecular formula is C16H32N2. The Balaban J connectivity index is 1.79. The first-order valence-corrected chi connectivity index (χ1v) is 8.15. The zero-order valence-corrected chi connectivity index (χ0v) is 12.5. The molecule has 106 valence electrons. The molecule has 0 spiro atoms. The van der Waals surface area contributed by atoms with Gasteiger partial charge in [-0.2, -0.15) is 0 Å². The van der Waals surface area contributed by atoms with Crippen LogP contribution in [0.1, 0.15) is 58.8 Å². The zero-order valence-electron chi connectivity index (χ0n) is 12.5. The molecule has 0 bridgehead atoms. The van der Waals surface area contributed by atoms with Crippen molar-refractivity contribution in [3.63, 3.8) is 0 Å². The minimum absolute atomic E-state index is 0.531. The van der Waals surface area contributed by atoms with Crippen LogP contribution < -0.4 is 5.32 Å². The number of piperidine rings is 1. The van der Waals surface area contributed by atoms with E-state index >= 15 is 0 Å². The molecule has 2 nitrogen and oxygen atoms in total. The first kappa shape index (κ1) is 14.3. The van der Waals surface area contributed by atoms with Gasteiger partial charge in [0.25, 0.3) is 0 Å². The fourth-order valence-corrected chi connectivity index (χ4v) is 3.87. The molecule has 0 amide bonds. The van der Waals surface area contributed by atoms with E-state index in [2.05, 4.69) is 24.1 Å². The van der Waals surface area contributed by atoms with Crippen LogP contribution in [0.2, 0.25) is 0 Å². The molecule has 2 rings (SSSR count). The van der Waals surface area contributed by atoms with Gasteiger partial charge in [-0.1, -0.05) is 26.7 Å². The van der Waals surface area contributed by atoms with Gasteiger partial charge in [0.15, 0.2) is 0 Å². The largest absolute Gasteiger partial charge is 0.316 e. The Bertz CT molecular complexity index is 233. The Hall–Kier alpha value is -0.0800. The Labute approximate surface area is 114 Å². The lowest BCUT2D eigenvalue weighted by atomic mass is 9.82. The number of nitrogens with zero attached hydrogens (tertiary/aromatic N) is 1. The van der Waals surface area contributed by atoms with Crippen LogP contribution in [0.4, 0.5) is 0 Å². The molecule has 2 heteroatoms. The number of hydrogen-bond donors (Lipinski definition) is 1. The number of hydrogen-bond acceptors (Lipinski definition) is 2. The van der Waals surface area contributed by atoms with Gasteiger partial charge in [-0.15, -0.1) is 0 Å². The van der Waals surface area contributed by atoms with Crippen LogP contribution in [0.15, 0.2) is 0 Å². The normalized spacial score (nSPS) is 35.3. The van der Waals surface area contributed by atoms with Gasteiger partial charge in [-0.05, 0) is 63.1 Å². The molecule has 2 aliphatic heterocycles. The fourth-order valence-electron chi connectivity index (χ4n) is 3.87. The molecule has 2 unspecified atom stereocenters. The van der Waals surface area contributed by atoms with Crippen molar-refractivity contribution in [2.24, 2.45) is 11.3 Å². The maximum absolute atomic E-state index is 3.58. The van der Waals surface area contributed by atoms with E-state index in [1.54, 1.807) is 0 Å². The summed E-state index contributed by atoms with van der Waals surface area (Å²) in [6.07, 6.45) is 9.93. The van der Waals surface area contributed by atoms with Gasteiger partial charge in [-0.25, -0.2) is 0 Å². The molecule has 0 radical (unpaired) electrons. The molecular weight excluding hydrogens is 220 g/mol. The summed E-state index contributed by atoms with van der Waals surface area (Å²) in [4.78, 5) is 2.75. The average molecular weight is 252 g/mol. The minimum atomic E-state index is 0.531. The van der Waals surface area contributed by atoms with E-state index in [1.807, 2.05) is 0 Å². The average Bonchev–Trinajstić information content (AvgIpc) is 2.56. The van der Waals surface area contributed by atoms with Crippen molar-refractivity contribution in [2.45, 2.75) is 58.8 Å². The predicted molar refractivity (Wildman–Crippen MR) is 78.9 cm³/mol. The van der Waals surface area contributed by atoms with Crippen LogP contribution in [0.25, 0.3) is 0 Å². The summed E-state index contributed by atoms with van der Waals surface area (Å²) < 4.78 is 0. The number of nitrogens with one attached hydrogen (secondary N) is 1. The molecule has 2 heterocycles.